The van der Waals surface area contributed by atoms with Gasteiger partial charge in [0, 0.05) is 17.7 Å². The summed E-state index contributed by atoms with van der Waals surface area (Å²) in [7, 11) is 3.32. The van der Waals surface area contributed by atoms with E-state index in [1.165, 1.54) is 12.1 Å². The van der Waals surface area contributed by atoms with Crippen LogP contribution in [0.2, 0.25) is 0 Å². The molecule has 10 nitrogen and oxygen atoms in total. The predicted molar refractivity (Wildman–Crippen MR) is 130 cm³/mol. The Bertz CT molecular complexity index is 1260. The lowest BCUT2D eigenvalue weighted by Crippen LogP contribution is -2.53. The molecule has 10 heteroatoms. The predicted octanol–water partition coefficient (Wildman–Crippen LogP) is 0.964. The first-order valence-corrected chi connectivity index (χ1v) is 11.6. The summed E-state index contributed by atoms with van der Waals surface area (Å²) in [5.41, 5.74) is 5.34. The van der Waals surface area contributed by atoms with Crippen LogP contribution in [0.4, 0.5) is 0 Å². The number of ketones is 3. The Balaban J connectivity index is 1.84. The lowest BCUT2D eigenvalue weighted by atomic mass is 9.60. The van der Waals surface area contributed by atoms with Crippen molar-refractivity contribution in [1.82, 2.24) is 10.2 Å². The molecule has 190 valence electrons. The summed E-state index contributed by atoms with van der Waals surface area (Å²) in [6.45, 7) is 4.02. The van der Waals surface area contributed by atoms with E-state index < -0.39 is 58.4 Å². The van der Waals surface area contributed by atoms with Crippen LogP contribution in [-0.4, -0.2) is 76.7 Å². The monoisotopic (exact) mass is 495 g/mol. The highest BCUT2D eigenvalue weighted by Gasteiger charge is 2.54. The van der Waals surface area contributed by atoms with Crippen molar-refractivity contribution in [2.45, 2.75) is 18.9 Å². The molecule has 0 aliphatic heterocycles. The number of rotatable bonds is 7. The van der Waals surface area contributed by atoms with E-state index in [4.69, 9.17) is 5.73 Å². The molecule has 0 bridgehead atoms. The minimum atomic E-state index is -1.25. The highest BCUT2D eigenvalue weighted by atomic mass is 16.3. The molecule has 1 aromatic rings. The molecule has 6 N–H and O–H groups in total. The van der Waals surface area contributed by atoms with Gasteiger partial charge in [-0.1, -0.05) is 6.08 Å². The maximum atomic E-state index is 13.6. The van der Waals surface area contributed by atoms with Crippen molar-refractivity contribution in [3.63, 3.8) is 0 Å². The number of phenolic OH excluding ortho intramolecular Hbond substituents is 1. The molecule has 0 radical (unpaired) electrons. The summed E-state index contributed by atoms with van der Waals surface area (Å²) < 4.78 is 0. The van der Waals surface area contributed by atoms with Crippen molar-refractivity contribution in [1.29, 1.82) is 0 Å². The van der Waals surface area contributed by atoms with Crippen molar-refractivity contribution in [3.8, 4) is 5.75 Å². The molecule has 0 heterocycles. The number of nitrogens with one attached hydrogen (secondary N) is 1. The van der Waals surface area contributed by atoms with Crippen molar-refractivity contribution in [2.75, 3.05) is 27.2 Å². The molecule has 3 aliphatic rings. The van der Waals surface area contributed by atoms with Gasteiger partial charge in [-0.2, -0.15) is 0 Å². The largest absolute Gasteiger partial charge is 0.511 e. The fourth-order valence-electron chi connectivity index (χ4n) is 5.91. The van der Waals surface area contributed by atoms with Crippen LogP contribution in [0.5, 0.6) is 5.75 Å². The van der Waals surface area contributed by atoms with Crippen LogP contribution in [0, 0.1) is 17.8 Å². The van der Waals surface area contributed by atoms with Gasteiger partial charge in [-0.25, -0.2) is 0 Å². The average Bonchev–Trinajstić information content (AvgIpc) is 2.78. The Labute approximate surface area is 207 Å². The van der Waals surface area contributed by atoms with Gasteiger partial charge in [0.1, 0.15) is 22.8 Å². The average molecular weight is 496 g/mol. The summed E-state index contributed by atoms with van der Waals surface area (Å²) in [5.74, 6) is -6.64. The number of hydrogen-bond acceptors (Lipinski definition) is 9. The van der Waals surface area contributed by atoms with Gasteiger partial charge in [0.05, 0.1) is 24.1 Å². The Morgan fingerprint density at radius 2 is 1.89 bits per heavy atom. The number of benzene rings is 1. The lowest BCUT2D eigenvalue weighted by Gasteiger charge is -2.46. The standard InChI is InChI=1S/C26H29N3O7/c1-4-7-28-10-16(31)12-5-6-15(30)18-13(12)8-11-9-14-19(23(33)17(11)22(18)32)24(34)20(26(27)36)25(35)21(14)29(2)3/h4-6,11,14,19,21,28,30,33,35H,1,7-10H2,2-3H3,(H2,27,36)/t11?,14?,19?,21-/m0/s1. The molecule has 36 heavy (non-hydrogen) atoms. The van der Waals surface area contributed by atoms with E-state index in [1.807, 2.05) is 0 Å². The number of nitrogens with two attached hydrogens (primary N) is 1. The van der Waals surface area contributed by atoms with Gasteiger partial charge in [-0.15, -0.1) is 6.58 Å². The highest BCUT2D eigenvalue weighted by molar-refractivity contribution is 6.22. The smallest absolute Gasteiger partial charge is 0.255 e. The fraction of sp³-hybridized carbons (Fsp3) is 0.385. The fourth-order valence-corrected chi connectivity index (χ4v) is 5.91. The number of Topliss-reactive ketones (excluding diaryl/α,β-unsaturated/α-hetero) is 3. The minimum Gasteiger partial charge on any atom is -0.511 e. The quantitative estimate of drug-likeness (QED) is 0.160. The van der Waals surface area contributed by atoms with E-state index in [1.54, 1.807) is 25.1 Å². The molecule has 0 saturated carbocycles. The molecule has 3 aliphatic carbocycles. The van der Waals surface area contributed by atoms with Crippen LogP contribution in [0.3, 0.4) is 0 Å². The topological polar surface area (TPSA) is 170 Å². The number of likely N-dealkylation sites (N-methyl/N-ethyl adjacent to an activating group) is 1. The van der Waals surface area contributed by atoms with Crippen molar-refractivity contribution in [3.05, 3.63) is 64.1 Å². The second-order valence-corrected chi connectivity index (χ2v) is 9.63. The zero-order valence-electron chi connectivity index (χ0n) is 20.1. The van der Waals surface area contributed by atoms with Gasteiger partial charge >= 0.3 is 0 Å². The maximum absolute atomic E-state index is 13.6. The Morgan fingerprint density at radius 1 is 1.19 bits per heavy atom. The number of aliphatic hydroxyl groups is 2. The number of carbonyl (C=O) groups excluding carboxylic acids is 4. The van der Waals surface area contributed by atoms with Gasteiger partial charge in [0.2, 0.25) is 0 Å². The Kier molecular flexibility index (Phi) is 6.59. The van der Waals surface area contributed by atoms with Gasteiger partial charge in [-0.3, -0.25) is 24.1 Å². The molecular formula is C26H29N3O7. The SMILES string of the molecule is C=CCNCC(=O)c1ccc(O)c2c1CC1CC3C(C(=O)C(C(N)=O)=C(O)[C@H]3N(C)C)C(O)=C1C2=O. The van der Waals surface area contributed by atoms with Crippen LogP contribution in [0.15, 0.2) is 47.5 Å². The normalized spacial score (nSPS) is 25.4. The number of primary amides is 1. The first-order chi connectivity index (χ1) is 17.0. The molecule has 4 atom stereocenters. The molecule has 1 aromatic carbocycles. The van der Waals surface area contributed by atoms with E-state index in [-0.39, 0.29) is 47.6 Å². The highest BCUT2D eigenvalue weighted by Crippen LogP contribution is 2.50. The van der Waals surface area contributed by atoms with Crippen LogP contribution in [0.1, 0.15) is 32.7 Å². The number of amides is 1. The first-order valence-electron chi connectivity index (χ1n) is 11.6. The molecular weight excluding hydrogens is 466 g/mol. The Hall–Kier alpha value is -3.76. The Morgan fingerprint density at radius 3 is 2.50 bits per heavy atom. The molecule has 3 unspecified atom stereocenters. The molecule has 0 fully saturated rings. The summed E-state index contributed by atoms with van der Waals surface area (Å²) in [6.07, 6.45) is 2.00. The third-order valence-corrected chi connectivity index (χ3v) is 7.32. The second-order valence-electron chi connectivity index (χ2n) is 9.63. The van der Waals surface area contributed by atoms with Gasteiger partial charge in [0.15, 0.2) is 17.3 Å². The van der Waals surface area contributed by atoms with Gasteiger partial charge in [-0.05, 0) is 56.5 Å². The number of aliphatic hydroxyl groups excluding tert-OH is 2. The first kappa shape index (κ1) is 25.3. The van der Waals surface area contributed by atoms with Crippen LogP contribution >= 0.6 is 0 Å². The molecule has 0 aromatic heterocycles. The lowest BCUT2D eigenvalue weighted by molar-refractivity contribution is -0.127. The zero-order chi connectivity index (χ0) is 26.5. The zero-order valence-corrected chi connectivity index (χ0v) is 20.1. The summed E-state index contributed by atoms with van der Waals surface area (Å²) in [6, 6.07) is 1.93. The van der Waals surface area contributed by atoms with Crippen LogP contribution < -0.4 is 11.1 Å². The van der Waals surface area contributed by atoms with Crippen molar-refractivity contribution in [2.24, 2.45) is 23.5 Å². The molecule has 4 rings (SSSR count). The molecule has 0 saturated heterocycles. The number of phenols is 1. The minimum absolute atomic E-state index is 0.00645. The van der Waals surface area contributed by atoms with Crippen LogP contribution in [-0.2, 0) is 16.0 Å². The van der Waals surface area contributed by atoms with E-state index in [0.717, 1.165) is 0 Å². The third kappa shape index (κ3) is 3.82. The van der Waals surface area contributed by atoms with E-state index in [9.17, 15) is 34.5 Å². The summed E-state index contributed by atoms with van der Waals surface area (Å²) in [4.78, 5) is 53.3. The number of allylic oxidation sites excluding steroid dienone is 2. The number of nitrogens with zero attached hydrogens (tertiary/aromatic N) is 1. The number of aromatic hydroxyl groups is 1. The van der Waals surface area contributed by atoms with Crippen molar-refractivity contribution >= 4 is 23.3 Å². The second kappa shape index (κ2) is 9.36. The molecule has 0 spiro atoms. The van der Waals surface area contributed by atoms with E-state index >= 15 is 0 Å². The number of carbonyl (C=O) groups is 4. The van der Waals surface area contributed by atoms with Crippen LogP contribution in [0.25, 0.3) is 0 Å². The third-order valence-electron chi connectivity index (χ3n) is 7.32. The number of hydrogen-bond donors (Lipinski definition) is 5. The summed E-state index contributed by atoms with van der Waals surface area (Å²) >= 11 is 0. The van der Waals surface area contributed by atoms with Crippen molar-refractivity contribution < 1.29 is 34.5 Å². The number of fused-ring (bicyclic) bond motifs is 3. The van der Waals surface area contributed by atoms with E-state index in [2.05, 4.69) is 11.9 Å². The maximum Gasteiger partial charge on any atom is 0.255 e. The van der Waals surface area contributed by atoms with Gasteiger partial charge < -0.3 is 26.4 Å². The van der Waals surface area contributed by atoms with E-state index in [0.29, 0.717) is 12.1 Å². The molecule has 1 amide bonds. The summed E-state index contributed by atoms with van der Waals surface area (Å²) in [5, 5.41) is 35.5. The van der Waals surface area contributed by atoms with Gasteiger partial charge in [0.25, 0.3) is 5.91 Å².